The second kappa shape index (κ2) is 10.6. The molecule has 0 bridgehead atoms. The van der Waals surface area contributed by atoms with Gasteiger partial charge >= 0.3 is 0 Å². The average Bonchev–Trinajstić information content (AvgIpc) is 2.79. The van der Waals surface area contributed by atoms with Gasteiger partial charge in [-0.1, -0.05) is 29.3 Å². The highest BCUT2D eigenvalue weighted by Gasteiger charge is 2.32. The van der Waals surface area contributed by atoms with Crippen molar-refractivity contribution in [2.45, 2.75) is 23.8 Å². The average molecular weight is 488 g/mol. The summed E-state index contributed by atoms with van der Waals surface area (Å²) in [5.74, 6) is -0.198. The molecule has 0 saturated carbocycles. The second-order valence-corrected chi connectivity index (χ2v) is 9.85. The van der Waals surface area contributed by atoms with E-state index in [1.807, 2.05) is 0 Å². The molecular weight excluding hydrogens is 465 g/mol. The number of hydrogen-bond donors (Lipinski definition) is 2. The molecule has 1 aromatic heterocycles. The lowest BCUT2D eigenvalue weighted by Crippen LogP contribution is -2.44. The Morgan fingerprint density at radius 2 is 2.00 bits per heavy atom. The Kier molecular flexibility index (Phi) is 8.12. The molecule has 2 N–H and O–H groups in total. The minimum absolute atomic E-state index is 0.00517. The largest absolute Gasteiger partial charge is 0.489 e. The van der Waals surface area contributed by atoms with E-state index in [0.717, 1.165) is 0 Å². The summed E-state index contributed by atoms with van der Waals surface area (Å²) in [6.07, 6.45) is 2.68. The molecule has 11 heteroatoms. The Labute approximate surface area is 191 Å². The van der Waals surface area contributed by atoms with Crippen LogP contribution in [0, 0.1) is 5.92 Å². The van der Waals surface area contributed by atoms with Crippen LogP contribution < -0.4 is 10.1 Å². The van der Waals surface area contributed by atoms with Crippen molar-refractivity contribution in [2.24, 2.45) is 5.92 Å². The van der Waals surface area contributed by atoms with Gasteiger partial charge in [-0.05, 0) is 37.1 Å². The van der Waals surface area contributed by atoms with Crippen LogP contribution in [-0.2, 0) is 14.8 Å². The van der Waals surface area contributed by atoms with Crippen LogP contribution in [0.3, 0.4) is 0 Å². The molecule has 1 amide bonds. The number of halogens is 2. The zero-order chi connectivity index (χ0) is 22.4. The number of ether oxygens (including phenoxy) is 1. The van der Waals surface area contributed by atoms with Crippen LogP contribution in [0.4, 0.5) is 0 Å². The van der Waals surface area contributed by atoms with Gasteiger partial charge < -0.3 is 15.2 Å². The lowest BCUT2D eigenvalue weighted by atomic mass is 9.97. The number of amides is 1. The third-order valence-corrected chi connectivity index (χ3v) is 7.64. The molecule has 8 nitrogen and oxygen atoms in total. The van der Waals surface area contributed by atoms with Crippen LogP contribution in [0.5, 0.6) is 5.75 Å². The van der Waals surface area contributed by atoms with Crippen LogP contribution in [0.15, 0.2) is 47.6 Å². The molecule has 2 aromatic rings. The summed E-state index contributed by atoms with van der Waals surface area (Å²) in [4.78, 5) is 16.4. The summed E-state index contributed by atoms with van der Waals surface area (Å²) in [5, 5.41) is 13.4. The Bertz CT molecular complexity index is 999. The molecule has 168 valence electrons. The van der Waals surface area contributed by atoms with Crippen molar-refractivity contribution in [1.29, 1.82) is 0 Å². The molecule has 1 atom stereocenters. The minimum Gasteiger partial charge on any atom is -0.489 e. The fourth-order valence-corrected chi connectivity index (χ4v) is 4.99. The predicted molar refractivity (Wildman–Crippen MR) is 117 cm³/mol. The van der Waals surface area contributed by atoms with Crippen molar-refractivity contribution in [3.63, 3.8) is 0 Å². The number of carbonyl (C=O) groups is 1. The Morgan fingerprint density at radius 3 is 2.68 bits per heavy atom. The Hall–Kier alpha value is -1.91. The van der Waals surface area contributed by atoms with E-state index >= 15 is 0 Å². The summed E-state index contributed by atoms with van der Waals surface area (Å²) in [6.45, 7) is 0.426. The molecule has 1 aromatic carbocycles. The van der Waals surface area contributed by atoms with E-state index in [-0.39, 0.29) is 48.0 Å². The molecule has 2 heterocycles. The molecule has 3 rings (SSSR count). The third kappa shape index (κ3) is 6.08. The highest BCUT2D eigenvalue weighted by molar-refractivity contribution is 7.89. The lowest BCUT2D eigenvalue weighted by Gasteiger charge is -2.30. The minimum atomic E-state index is -3.61. The molecule has 0 spiro atoms. The number of benzene rings is 1. The number of sulfonamides is 1. The molecule has 1 fully saturated rings. The summed E-state index contributed by atoms with van der Waals surface area (Å²) in [5.41, 5.74) is 0. The van der Waals surface area contributed by atoms with Gasteiger partial charge in [0, 0.05) is 37.9 Å². The lowest BCUT2D eigenvalue weighted by molar-refractivity contribution is -0.126. The number of nitrogens with one attached hydrogen (secondary N) is 1. The van der Waals surface area contributed by atoms with E-state index in [1.54, 1.807) is 24.3 Å². The topological polar surface area (TPSA) is 109 Å². The fourth-order valence-electron chi connectivity index (χ4n) is 3.21. The maximum atomic E-state index is 12.6. The van der Waals surface area contributed by atoms with E-state index in [9.17, 15) is 18.3 Å². The van der Waals surface area contributed by atoms with Crippen molar-refractivity contribution in [1.82, 2.24) is 14.6 Å². The van der Waals surface area contributed by atoms with Gasteiger partial charge in [-0.15, -0.1) is 0 Å². The first-order valence-electron chi connectivity index (χ1n) is 9.72. The number of aromatic nitrogens is 1. The highest BCUT2D eigenvalue weighted by atomic mass is 35.5. The Balaban J connectivity index is 1.43. The Morgan fingerprint density at radius 1 is 1.26 bits per heavy atom. The van der Waals surface area contributed by atoms with Crippen molar-refractivity contribution in [3.05, 3.63) is 52.8 Å². The maximum Gasteiger partial charge on any atom is 0.244 e. The summed E-state index contributed by atoms with van der Waals surface area (Å²) >= 11 is 11.9. The van der Waals surface area contributed by atoms with Crippen molar-refractivity contribution < 1.29 is 23.1 Å². The smallest absolute Gasteiger partial charge is 0.244 e. The van der Waals surface area contributed by atoms with Gasteiger partial charge in [0.25, 0.3) is 0 Å². The van der Waals surface area contributed by atoms with Gasteiger partial charge in [-0.2, -0.15) is 4.31 Å². The molecule has 1 aliphatic heterocycles. The quantitative estimate of drug-likeness (QED) is 0.591. The monoisotopic (exact) mass is 487 g/mol. The number of aliphatic hydroxyl groups excluding tert-OH is 1. The molecule has 0 aliphatic carbocycles. The van der Waals surface area contributed by atoms with Crippen molar-refractivity contribution in [3.8, 4) is 5.75 Å². The van der Waals surface area contributed by atoms with Crippen molar-refractivity contribution in [2.75, 3.05) is 26.2 Å². The first kappa shape index (κ1) is 23.7. The second-order valence-electron chi connectivity index (χ2n) is 7.13. The van der Waals surface area contributed by atoms with Gasteiger partial charge in [-0.3, -0.25) is 9.78 Å². The number of aliphatic hydroxyl groups is 1. The van der Waals surface area contributed by atoms with Crippen molar-refractivity contribution >= 4 is 39.1 Å². The van der Waals surface area contributed by atoms with Gasteiger partial charge in [0.1, 0.15) is 28.4 Å². The highest BCUT2D eigenvalue weighted by Crippen LogP contribution is 2.31. The van der Waals surface area contributed by atoms with E-state index in [0.29, 0.717) is 23.6 Å². The standard InChI is InChI=1S/C20H23Cl2N3O5S/c21-17-4-1-5-18(19(17)22)30-13-15(26)11-24-20(27)14-6-9-25(10-7-14)31(28,29)16-3-2-8-23-12-16/h1-5,8,12,14-15,26H,6-7,9-11,13H2,(H,24,27). The van der Waals surface area contributed by atoms with Crippen LogP contribution in [0.2, 0.25) is 10.0 Å². The third-order valence-electron chi connectivity index (χ3n) is 4.96. The van der Waals surface area contributed by atoms with Gasteiger partial charge in [0.15, 0.2) is 0 Å². The molecular formula is C20H23Cl2N3O5S. The van der Waals surface area contributed by atoms with Crippen LogP contribution in [0.25, 0.3) is 0 Å². The molecule has 0 radical (unpaired) electrons. The van der Waals surface area contributed by atoms with Crippen LogP contribution >= 0.6 is 23.2 Å². The first-order valence-corrected chi connectivity index (χ1v) is 11.9. The normalized spacial score (nSPS) is 16.6. The van der Waals surface area contributed by atoms with Crippen LogP contribution in [0.1, 0.15) is 12.8 Å². The van der Waals surface area contributed by atoms with Gasteiger partial charge in [-0.25, -0.2) is 8.42 Å². The SMILES string of the molecule is O=C(NCC(O)COc1cccc(Cl)c1Cl)C1CCN(S(=O)(=O)c2cccnc2)CC1. The number of piperidine rings is 1. The fraction of sp³-hybridized carbons (Fsp3) is 0.400. The molecule has 31 heavy (non-hydrogen) atoms. The summed E-state index contributed by atoms with van der Waals surface area (Å²) < 4.78 is 32.1. The van der Waals surface area contributed by atoms with E-state index in [1.165, 1.54) is 22.8 Å². The zero-order valence-electron chi connectivity index (χ0n) is 16.6. The summed E-state index contributed by atoms with van der Waals surface area (Å²) in [7, 11) is -3.61. The van der Waals surface area contributed by atoms with Gasteiger partial charge in [0.05, 0.1) is 5.02 Å². The molecule has 1 aliphatic rings. The molecule has 1 unspecified atom stereocenters. The zero-order valence-corrected chi connectivity index (χ0v) is 18.9. The van der Waals surface area contributed by atoms with E-state index in [2.05, 4.69) is 10.3 Å². The van der Waals surface area contributed by atoms with E-state index < -0.39 is 16.1 Å². The maximum absolute atomic E-state index is 12.6. The predicted octanol–water partition coefficient (Wildman–Crippen LogP) is 2.35. The number of carbonyl (C=O) groups excluding carboxylic acids is 1. The van der Waals surface area contributed by atoms with Crippen LogP contribution in [-0.4, -0.2) is 61.1 Å². The first-order chi connectivity index (χ1) is 14.8. The number of hydrogen-bond acceptors (Lipinski definition) is 6. The number of nitrogens with zero attached hydrogens (tertiary/aromatic N) is 2. The van der Waals surface area contributed by atoms with Gasteiger partial charge in [0.2, 0.25) is 15.9 Å². The number of pyridine rings is 1. The molecule has 1 saturated heterocycles. The summed E-state index contributed by atoms with van der Waals surface area (Å²) in [6, 6.07) is 8.01. The van der Waals surface area contributed by atoms with E-state index in [4.69, 9.17) is 27.9 Å². The number of rotatable bonds is 8.